The molecule has 2 N–H and O–H groups in total. The van der Waals surface area contributed by atoms with Crippen molar-refractivity contribution in [3.05, 3.63) is 39.7 Å². The van der Waals surface area contributed by atoms with Gasteiger partial charge in [0.15, 0.2) is 0 Å². The summed E-state index contributed by atoms with van der Waals surface area (Å²) in [6, 6.07) is 3.85. The Labute approximate surface area is 115 Å². The van der Waals surface area contributed by atoms with Crippen molar-refractivity contribution in [3.8, 4) is 0 Å². The van der Waals surface area contributed by atoms with E-state index in [0.717, 1.165) is 12.1 Å². The van der Waals surface area contributed by atoms with Crippen LogP contribution in [0.2, 0.25) is 0 Å². The molecule has 1 fully saturated rings. The Morgan fingerprint density at radius 1 is 1.60 bits per heavy atom. The van der Waals surface area contributed by atoms with Crippen molar-refractivity contribution in [2.45, 2.75) is 19.9 Å². The van der Waals surface area contributed by atoms with Crippen molar-refractivity contribution in [1.82, 2.24) is 4.90 Å². The third-order valence-electron chi connectivity index (χ3n) is 3.76. The van der Waals surface area contributed by atoms with Gasteiger partial charge in [0.25, 0.3) is 0 Å². The zero-order chi connectivity index (χ0) is 14.9. The quantitative estimate of drug-likeness (QED) is 0.667. The van der Waals surface area contributed by atoms with Gasteiger partial charge in [-0.25, -0.2) is 0 Å². The molecule has 108 valence electrons. The predicted molar refractivity (Wildman–Crippen MR) is 70.2 cm³/mol. The molecule has 20 heavy (non-hydrogen) atoms. The van der Waals surface area contributed by atoms with E-state index < -0.39 is 21.8 Å². The molecule has 0 saturated carbocycles. The van der Waals surface area contributed by atoms with E-state index in [1.54, 1.807) is 0 Å². The van der Waals surface area contributed by atoms with Crippen molar-refractivity contribution in [1.29, 1.82) is 0 Å². The third kappa shape index (κ3) is 2.77. The van der Waals surface area contributed by atoms with Crippen LogP contribution in [0.15, 0.2) is 18.2 Å². The Hall–Kier alpha value is -2.02. The molecule has 2 rings (SSSR count). The number of nitrogens with two attached hydrogens (primary N) is 1. The van der Waals surface area contributed by atoms with Gasteiger partial charge in [0.1, 0.15) is 0 Å². The van der Waals surface area contributed by atoms with Crippen LogP contribution in [-0.2, 0) is 11.3 Å². The highest BCUT2D eigenvalue weighted by Crippen LogP contribution is 2.30. The molecular formula is C13H16FN3O3. The zero-order valence-electron chi connectivity index (χ0n) is 11.1. The molecule has 1 aromatic carbocycles. The SMILES string of the molecule is CC1(C(N)=O)CCN(Cc2ccc([N+](=O)[O-])c(F)c2)C1. The average Bonchev–Trinajstić information content (AvgIpc) is 2.72. The minimum Gasteiger partial charge on any atom is -0.369 e. The second kappa shape index (κ2) is 5.16. The predicted octanol–water partition coefficient (Wildman–Crippen LogP) is 1.43. The van der Waals surface area contributed by atoms with Gasteiger partial charge < -0.3 is 5.73 Å². The van der Waals surface area contributed by atoms with Gasteiger partial charge >= 0.3 is 5.69 Å². The van der Waals surface area contributed by atoms with Gasteiger partial charge in [-0.15, -0.1) is 0 Å². The largest absolute Gasteiger partial charge is 0.369 e. The molecule has 0 spiro atoms. The molecule has 0 aromatic heterocycles. The summed E-state index contributed by atoms with van der Waals surface area (Å²) in [6.07, 6.45) is 0.664. The summed E-state index contributed by atoms with van der Waals surface area (Å²) in [7, 11) is 0. The molecule has 1 amide bonds. The van der Waals surface area contributed by atoms with Gasteiger partial charge in [0.2, 0.25) is 11.7 Å². The third-order valence-corrected chi connectivity index (χ3v) is 3.76. The number of rotatable bonds is 4. The monoisotopic (exact) mass is 281 g/mol. The molecule has 1 unspecified atom stereocenters. The first-order valence-corrected chi connectivity index (χ1v) is 6.27. The number of halogens is 1. The summed E-state index contributed by atoms with van der Waals surface area (Å²) >= 11 is 0. The first-order valence-electron chi connectivity index (χ1n) is 6.27. The molecule has 7 heteroatoms. The summed E-state index contributed by atoms with van der Waals surface area (Å²) in [4.78, 5) is 23.1. The zero-order valence-corrected chi connectivity index (χ0v) is 11.1. The maximum Gasteiger partial charge on any atom is 0.304 e. The van der Waals surface area contributed by atoms with Crippen molar-refractivity contribution in [2.75, 3.05) is 13.1 Å². The number of nitrogens with zero attached hydrogens (tertiary/aromatic N) is 2. The second-order valence-electron chi connectivity index (χ2n) is 5.43. The lowest BCUT2D eigenvalue weighted by molar-refractivity contribution is -0.387. The Morgan fingerprint density at radius 2 is 2.30 bits per heavy atom. The Kier molecular flexibility index (Phi) is 3.71. The summed E-state index contributed by atoms with van der Waals surface area (Å²) in [6.45, 7) is 3.46. The van der Waals surface area contributed by atoms with Crippen molar-refractivity contribution in [2.24, 2.45) is 11.1 Å². The molecule has 1 aliphatic rings. The number of hydrogen-bond acceptors (Lipinski definition) is 4. The van der Waals surface area contributed by atoms with E-state index in [1.807, 2.05) is 11.8 Å². The lowest BCUT2D eigenvalue weighted by atomic mass is 9.89. The summed E-state index contributed by atoms with van der Waals surface area (Å²) in [5, 5.41) is 10.5. The molecular weight excluding hydrogens is 265 g/mol. The molecule has 1 atom stereocenters. The molecule has 0 aliphatic carbocycles. The van der Waals surface area contributed by atoms with Crippen LogP contribution in [0.5, 0.6) is 0 Å². The van der Waals surface area contributed by atoms with E-state index >= 15 is 0 Å². The number of carbonyl (C=O) groups is 1. The average molecular weight is 281 g/mol. The molecule has 1 heterocycles. The minimum atomic E-state index is -0.843. The summed E-state index contributed by atoms with van der Waals surface area (Å²) < 4.78 is 13.5. The fraction of sp³-hybridized carbons (Fsp3) is 0.462. The Balaban J connectivity index is 2.07. The maximum atomic E-state index is 13.5. The van der Waals surface area contributed by atoms with Crippen LogP contribution in [0, 0.1) is 21.3 Å². The lowest BCUT2D eigenvalue weighted by Crippen LogP contribution is -2.36. The van der Waals surface area contributed by atoms with E-state index in [2.05, 4.69) is 0 Å². The van der Waals surface area contributed by atoms with Gasteiger partial charge in [-0.05, 0) is 31.5 Å². The minimum absolute atomic E-state index is 0.338. The number of amides is 1. The first-order chi connectivity index (χ1) is 9.32. The fourth-order valence-corrected chi connectivity index (χ4v) is 2.45. The number of likely N-dealkylation sites (tertiary alicyclic amines) is 1. The van der Waals surface area contributed by atoms with Crippen LogP contribution in [0.4, 0.5) is 10.1 Å². The van der Waals surface area contributed by atoms with Crippen LogP contribution in [0.3, 0.4) is 0 Å². The highest BCUT2D eigenvalue weighted by atomic mass is 19.1. The Bertz CT molecular complexity index is 564. The number of nitro benzene ring substituents is 1. The van der Waals surface area contributed by atoms with Gasteiger partial charge in [-0.1, -0.05) is 6.07 Å². The van der Waals surface area contributed by atoms with Gasteiger partial charge in [-0.3, -0.25) is 19.8 Å². The number of primary amides is 1. The molecule has 0 radical (unpaired) electrons. The van der Waals surface area contributed by atoms with Crippen LogP contribution in [0.1, 0.15) is 18.9 Å². The fourth-order valence-electron chi connectivity index (χ4n) is 2.45. The highest BCUT2D eigenvalue weighted by Gasteiger charge is 2.38. The van der Waals surface area contributed by atoms with Gasteiger partial charge in [-0.2, -0.15) is 4.39 Å². The lowest BCUT2D eigenvalue weighted by Gasteiger charge is -2.21. The van der Waals surface area contributed by atoms with Crippen molar-refractivity contribution in [3.63, 3.8) is 0 Å². The number of benzene rings is 1. The number of nitro groups is 1. The van der Waals surface area contributed by atoms with Crippen LogP contribution in [-0.4, -0.2) is 28.8 Å². The van der Waals surface area contributed by atoms with E-state index in [9.17, 15) is 19.3 Å². The van der Waals surface area contributed by atoms with Gasteiger partial charge in [0.05, 0.1) is 10.3 Å². The molecule has 1 aromatic rings. The molecule has 1 saturated heterocycles. The van der Waals surface area contributed by atoms with Crippen LogP contribution >= 0.6 is 0 Å². The number of hydrogen-bond donors (Lipinski definition) is 1. The highest BCUT2D eigenvalue weighted by molar-refractivity contribution is 5.81. The van der Waals surface area contributed by atoms with Crippen LogP contribution < -0.4 is 5.73 Å². The molecule has 6 nitrogen and oxygen atoms in total. The Morgan fingerprint density at radius 3 is 2.80 bits per heavy atom. The van der Waals surface area contributed by atoms with E-state index in [1.165, 1.54) is 6.07 Å². The molecule has 0 bridgehead atoms. The van der Waals surface area contributed by atoms with Crippen LogP contribution in [0.25, 0.3) is 0 Å². The van der Waals surface area contributed by atoms with Gasteiger partial charge in [0, 0.05) is 19.2 Å². The summed E-state index contributed by atoms with van der Waals surface area (Å²) in [5.74, 6) is -1.18. The normalized spacial score (nSPS) is 22.9. The van der Waals surface area contributed by atoms with E-state index in [-0.39, 0.29) is 5.91 Å². The van der Waals surface area contributed by atoms with E-state index in [0.29, 0.717) is 31.6 Å². The molecule has 1 aliphatic heterocycles. The van der Waals surface area contributed by atoms with Crippen molar-refractivity contribution >= 4 is 11.6 Å². The first kappa shape index (κ1) is 14.4. The van der Waals surface area contributed by atoms with Crippen molar-refractivity contribution < 1.29 is 14.1 Å². The summed E-state index contributed by atoms with van der Waals surface area (Å²) in [5.41, 5.74) is 4.92. The van der Waals surface area contributed by atoms with E-state index in [4.69, 9.17) is 5.73 Å². The smallest absolute Gasteiger partial charge is 0.304 e. The standard InChI is InChI=1S/C13H16FN3O3/c1-13(12(15)18)4-5-16(8-13)7-9-2-3-11(17(19)20)10(14)6-9/h2-3,6H,4-5,7-8H2,1H3,(H2,15,18). The second-order valence-corrected chi connectivity index (χ2v) is 5.43. The maximum absolute atomic E-state index is 13.5. The number of carbonyl (C=O) groups excluding carboxylic acids is 1. The topological polar surface area (TPSA) is 89.5 Å².